The molecule has 2 N–H and O–H groups in total. The Bertz CT molecular complexity index is 508. The highest BCUT2D eigenvalue weighted by Gasteiger charge is 2.24. The Morgan fingerprint density at radius 3 is 2.61 bits per heavy atom. The van der Waals surface area contributed by atoms with E-state index in [4.69, 9.17) is 0 Å². The third-order valence-electron chi connectivity index (χ3n) is 4.55. The fraction of sp³-hybridized carbons (Fsp3) is 0.632. The van der Waals surface area contributed by atoms with E-state index < -0.39 is 0 Å². The number of amides is 1. The minimum Gasteiger partial charge on any atom is -0.392 e. The van der Waals surface area contributed by atoms with E-state index in [0.717, 1.165) is 31.5 Å². The van der Waals surface area contributed by atoms with Crippen molar-refractivity contribution in [3.05, 3.63) is 35.4 Å². The lowest BCUT2D eigenvalue weighted by atomic mass is 10.00. The fourth-order valence-corrected chi connectivity index (χ4v) is 3.18. The Balaban J connectivity index is 1.82. The van der Waals surface area contributed by atoms with Crippen LogP contribution in [0, 0.1) is 5.92 Å². The first-order valence-electron chi connectivity index (χ1n) is 8.73. The van der Waals surface area contributed by atoms with Crippen LogP contribution in [0.3, 0.4) is 0 Å². The molecule has 128 valence electrons. The second kappa shape index (κ2) is 8.46. The Labute approximate surface area is 139 Å². The van der Waals surface area contributed by atoms with E-state index in [1.807, 2.05) is 17.0 Å². The zero-order valence-corrected chi connectivity index (χ0v) is 14.6. The molecule has 1 unspecified atom stereocenters. The number of nitrogens with one attached hydrogen (secondary N) is 1. The quantitative estimate of drug-likeness (QED) is 0.848. The van der Waals surface area contributed by atoms with E-state index in [1.165, 1.54) is 5.56 Å². The van der Waals surface area contributed by atoms with Gasteiger partial charge in [-0.2, -0.15) is 0 Å². The van der Waals surface area contributed by atoms with Gasteiger partial charge >= 0.3 is 0 Å². The molecular weight excluding hydrogens is 288 g/mol. The van der Waals surface area contributed by atoms with Crippen LogP contribution in [0.15, 0.2) is 24.3 Å². The first-order chi connectivity index (χ1) is 11.0. The number of hydrogen-bond donors (Lipinski definition) is 2. The van der Waals surface area contributed by atoms with Gasteiger partial charge in [-0.05, 0) is 36.8 Å². The molecule has 0 aliphatic carbocycles. The smallest absolute Gasteiger partial charge is 0.222 e. The molecule has 4 heteroatoms. The Morgan fingerprint density at radius 1 is 1.30 bits per heavy atom. The van der Waals surface area contributed by atoms with Crippen molar-refractivity contribution in [2.75, 3.05) is 13.1 Å². The van der Waals surface area contributed by atoms with Crippen LogP contribution in [-0.4, -0.2) is 35.0 Å². The molecule has 1 aliphatic rings. The van der Waals surface area contributed by atoms with Crippen LogP contribution in [0.5, 0.6) is 0 Å². The standard InChI is InChI=1S/C19H30N2O2/c1-14(2)11-19(23)21-9-7-18(8-10-21)20-15(3)17-6-4-5-16(12-17)13-22/h4-6,12,14-15,18,20,22H,7-11,13H2,1-3H3. The summed E-state index contributed by atoms with van der Waals surface area (Å²) in [5.74, 6) is 0.722. The summed E-state index contributed by atoms with van der Waals surface area (Å²) in [6.07, 6.45) is 2.67. The van der Waals surface area contributed by atoms with Crippen LogP contribution in [-0.2, 0) is 11.4 Å². The molecule has 0 bridgehead atoms. The maximum absolute atomic E-state index is 12.1. The summed E-state index contributed by atoms with van der Waals surface area (Å²) in [6.45, 7) is 8.13. The first kappa shape index (κ1) is 18.0. The van der Waals surface area contributed by atoms with Gasteiger partial charge in [0.2, 0.25) is 5.91 Å². The van der Waals surface area contributed by atoms with Gasteiger partial charge in [0.05, 0.1) is 6.61 Å². The number of carbonyl (C=O) groups is 1. The van der Waals surface area contributed by atoms with E-state index in [1.54, 1.807) is 0 Å². The van der Waals surface area contributed by atoms with Crippen molar-refractivity contribution in [3.8, 4) is 0 Å². The highest BCUT2D eigenvalue weighted by Crippen LogP contribution is 2.19. The molecule has 1 aromatic rings. The summed E-state index contributed by atoms with van der Waals surface area (Å²) >= 11 is 0. The molecule has 0 saturated carbocycles. The molecule has 0 spiro atoms. The predicted octanol–water partition coefficient (Wildman–Crippen LogP) is 2.87. The molecule has 4 nitrogen and oxygen atoms in total. The third kappa shape index (κ3) is 5.33. The van der Waals surface area contributed by atoms with Crippen LogP contribution in [0.1, 0.15) is 57.2 Å². The number of hydrogen-bond acceptors (Lipinski definition) is 3. The molecular formula is C19H30N2O2. The van der Waals surface area contributed by atoms with Gasteiger partial charge in [0.1, 0.15) is 0 Å². The van der Waals surface area contributed by atoms with E-state index in [2.05, 4.69) is 38.2 Å². The highest BCUT2D eigenvalue weighted by molar-refractivity contribution is 5.76. The van der Waals surface area contributed by atoms with Gasteiger partial charge in [0.25, 0.3) is 0 Å². The molecule has 0 radical (unpaired) electrons. The maximum atomic E-state index is 12.1. The lowest BCUT2D eigenvalue weighted by Crippen LogP contribution is -2.45. The molecule has 1 aromatic carbocycles. The Morgan fingerprint density at radius 2 is 2.00 bits per heavy atom. The first-order valence-corrected chi connectivity index (χ1v) is 8.73. The van der Waals surface area contributed by atoms with Gasteiger partial charge in [-0.3, -0.25) is 4.79 Å². The number of rotatable bonds is 6. The normalized spacial score (nSPS) is 17.5. The SMILES string of the molecule is CC(C)CC(=O)N1CCC(NC(C)c2cccc(CO)c2)CC1. The molecule has 1 heterocycles. The monoisotopic (exact) mass is 318 g/mol. The molecule has 1 amide bonds. The number of likely N-dealkylation sites (tertiary alicyclic amines) is 1. The molecule has 0 aromatic heterocycles. The van der Waals surface area contributed by atoms with Crippen LogP contribution in [0.25, 0.3) is 0 Å². The zero-order valence-electron chi connectivity index (χ0n) is 14.6. The topological polar surface area (TPSA) is 52.6 Å². The summed E-state index contributed by atoms with van der Waals surface area (Å²) in [7, 11) is 0. The number of aliphatic hydroxyl groups is 1. The maximum Gasteiger partial charge on any atom is 0.222 e. The summed E-state index contributed by atoms with van der Waals surface area (Å²) in [5, 5.41) is 12.9. The highest BCUT2D eigenvalue weighted by atomic mass is 16.3. The number of benzene rings is 1. The van der Waals surface area contributed by atoms with Gasteiger partial charge < -0.3 is 15.3 Å². The fourth-order valence-electron chi connectivity index (χ4n) is 3.18. The van der Waals surface area contributed by atoms with Crippen molar-refractivity contribution in [2.24, 2.45) is 5.92 Å². The van der Waals surface area contributed by atoms with Gasteiger partial charge in [0, 0.05) is 31.6 Å². The van der Waals surface area contributed by atoms with Gasteiger partial charge in [-0.15, -0.1) is 0 Å². The largest absolute Gasteiger partial charge is 0.392 e. The average molecular weight is 318 g/mol. The number of aliphatic hydroxyl groups excluding tert-OH is 1. The van der Waals surface area contributed by atoms with Crippen molar-refractivity contribution < 1.29 is 9.90 Å². The van der Waals surface area contributed by atoms with Gasteiger partial charge in [0.15, 0.2) is 0 Å². The minimum absolute atomic E-state index is 0.0803. The van der Waals surface area contributed by atoms with E-state index in [0.29, 0.717) is 24.3 Å². The molecule has 2 rings (SSSR count). The van der Waals surface area contributed by atoms with Gasteiger partial charge in [-0.25, -0.2) is 0 Å². The molecule has 23 heavy (non-hydrogen) atoms. The molecule has 1 atom stereocenters. The number of nitrogens with zero attached hydrogens (tertiary/aromatic N) is 1. The summed E-state index contributed by atoms with van der Waals surface area (Å²) in [4.78, 5) is 14.1. The zero-order chi connectivity index (χ0) is 16.8. The Hall–Kier alpha value is -1.39. The summed E-state index contributed by atoms with van der Waals surface area (Å²) in [5.41, 5.74) is 2.15. The second-order valence-electron chi connectivity index (χ2n) is 7.04. The van der Waals surface area contributed by atoms with Crippen molar-refractivity contribution in [2.45, 2.75) is 58.7 Å². The van der Waals surface area contributed by atoms with Crippen LogP contribution >= 0.6 is 0 Å². The average Bonchev–Trinajstić information content (AvgIpc) is 2.55. The lowest BCUT2D eigenvalue weighted by Gasteiger charge is -2.34. The minimum atomic E-state index is 0.0803. The number of piperidine rings is 1. The molecule has 1 aliphatic heterocycles. The van der Waals surface area contributed by atoms with E-state index in [-0.39, 0.29) is 12.6 Å². The van der Waals surface area contributed by atoms with Crippen LogP contribution < -0.4 is 5.32 Å². The molecule has 1 saturated heterocycles. The molecule has 1 fully saturated rings. The van der Waals surface area contributed by atoms with Crippen molar-refractivity contribution in [1.82, 2.24) is 10.2 Å². The van der Waals surface area contributed by atoms with Crippen molar-refractivity contribution in [3.63, 3.8) is 0 Å². The second-order valence-corrected chi connectivity index (χ2v) is 7.04. The van der Waals surface area contributed by atoms with Gasteiger partial charge in [-0.1, -0.05) is 38.1 Å². The van der Waals surface area contributed by atoms with Crippen molar-refractivity contribution >= 4 is 5.91 Å². The van der Waals surface area contributed by atoms with Crippen LogP contribution in [0.2, 0.25) is 0 Å². The predicted molar refractivity (Wildman–Crippen MR) is 93.0 cm³/mol. The van der Waals surface area contributed by atoms with Crippen molar-refractivity contribution in [1.29, 1.82) is 0 Å². The number of carbonyl (C=O) groups excluding carboxylic acids is 1. The third-order valence-corrected chi connectivity index (χ3v) is 4.55. The van der Waals surface area contributed by atoms with Crippen LogP contribution in [0.4, 0.5) is 0 Å². The lowest BCUT2D eigenvalue weighted by molar-refractivity contribution is -0.133. The summed E-state index contributed by atoms with van der Waals surface area (Å²) < 4.78 is 0. The van der Waals surface area contributed by atoms with E-state index in [9.17, 15) is 9.90 Å². The van der Waals surface area contributed by atoms with E-state index >= 15 is 0 Å². The summed E-state index contributed by atoms with van der Waals surface area (Å²) in [6, 6.07) is 8.79. The Kier molecular flexibility index (Phi) is 6.60.